The highest BCUT2D eigenvalue weighted by molar-refractivity contribution is 5.95. The normalized spacial score (nSPS) is 25.2. The summed E-state index contributed by atoms with van der Waals surface area (Å²) in [5.74, 6) is 1.88. The van der Waals surface area contributed by atoms with E-state index in [1.807, 2.05) is 12.1 Å². The molecule has 0 heterocycles. The number of halogens is 1. The van der Waals surface area contributed by atoms with Crippen LogP contribution in [0.1, 0.15) is 50.4 Å². The predicted molar refractivity (Wildman–Crippen MR) is 90.7 cm³/mol. The lowest BCUT2D eigenvalue weighted by Gasteiger charge is -2.37. The van der Waals surface area contributed by atoms with Crippen LogP contribution in [0.2, 0.25) is 0 Å². The highest BCUT2D eigenvalue weighted by Gasteiger charge is 2.31. The van der Waals surface area contributed by atoms with Crippen molar-refractivity contribution in [1.29, 1.82) is 0 Å². The first-order valence-electron chi connectivity index (χ1n) is 7.63. The molecule has 1 aromatic rings. The summed E-state index contributed by atoms with van der Waals surface area (Å²) in [7, 11) is 0. The van der Waals surface area contributed by atoms with Gasteiger partial charge in [0.15, 0.2) is 0 Å². The molecule has 2 rings (SSSR count). The minimum atomic E-state index is 0. The number of anilines is 1. The van der Waals surface area contributed by atoms with Gasteiger partial charge in [-0.2, -0.15) is 0 Å². The largest absolute Gasteiger partial charge is 0.399 e. The van der Waals surface area contributed by atoms with Crippen molar-refractivity contribution in [2.24, 2.45) is 17.8 Å². The van der Waals surface area contributed by atoms with Gasteiger partial charge in [0.25, 0.3) is 5.91 Å². The Bertz CT molecular complexity index is 476. The maximum atomic E-state index is 12.4. The van der Waals surface area contributed by atoms with Crippen molar-refractivity contribution in [3.8, 4) is 0 Å². The second-order valence-electron chi connectivity index (χ2n) is 6.53. The number of nitrogens with two attached hydrogens (primary N) is 1. The number of nitrogen functional groups attached to an aromatic ring is 1. The molecule has 1 aliphatic rings. The number of hydrogen-bond donors (Lipinski definition) is 2. The van der Waals surface area contributed by atoms with E-state index < -0.39 is 0 Å². The van der Waals surface area contributed by atoms with Gasteiger partial charge in [-0.1, -0.05) is 33.3 Å². The average molecular weight is 311 g/mol. The van der Waals surface area contributed by atoms with Crippen LogP contribution in [0.4, 0.5) is 5.69 Å². The Morgan fingerprint density at radius 1 is 1.33 bits per heavy atom. The summed E-state index contributed by atoms with van der Waals surface area (Å²) >= 11 is 0. The van der Waals surface area contributed by atoms with Gasteiger partial charge in [-0.25, -0.2) is 0 Å². The summed E-state index contributed by atoms with van der Waals surface area (Å²) in [5.41, 5.74) is 7.04. The van der Waals surface area contributed by atoms with Crippen molar-refractivity contribution in [2.75, 3.05) is 5.73 Å². The van der Waals surface area contributed by atoms with Gasteiger partial charge >= 0.3 is 0 Å². The molecule has 0 aromatic heterocycles. The third kappa shape index (κ3) is 4.63. The van der Waals surface area contributed by atoms with Gasteiger partial charge in [0.1, 0.15) is 0 Å². The molecule has 1 aromatic carbocycles. The van der Waals surface area contributed by atoms with E-state index in [9.17, 15) is 4.79 Å². The van der Waals surface area contributed by atoms with E-state index >= 15 is 0 Å². The first-order chi connectivity index (χ1) is 9.47. The Labute approximate surface area is 134 Å². The molecule has 0 saturated heterocycles. The quantitative estimate of drug-likeness (QED) is 0.832. The van der Waals surface area contributed by atoms with Crippen LogP contribution in [0, 0.1) is 17.8 Å². The van der Waals surface area contributed by atoms with Gasteiger partial charge in [0, 0.05) is 17.3 Å². The summed E-state index contributed by atoms with van der Waals surface area (Å²) in [6.45, 7) is 6.77. The third-order valence-corrected chi connectivity index (χ3v) is 4.49. The monoisotopic (exact) mass is 310 g/mol. The fraction of sp³-hybridized carbons (Fsp3) is 0.588. The van der Waals surface area contributed by atoms with Gasteiger partial charge in [-0.05, 0) is 48.8 Å². The van der Waals surface area contributed by atoms with Crippen molar-refractivity contribution in [2.45, 2.75) is 46.1 Å². The van der Waals surface area contributed by atoms with Crippen molar-refractivity contribution >= 4 is 24.0 Å². The third-order valence-electron chi connectivity index (χ3n) is 4.49. The van der Waals surface area contributed by atoms with E-state index in [1.54, 1.807) is 12.1 Å². The summed E-state index contributed by atoms with van der Waals surface area (Å²) in [4.78, 5) is 12.4. The first kappa shape index (κ1) is 17.8. The Morgan fingerprint density at radius 3 is 2.67 bits per heavy atom. The minimum Gasteiger partial charge on any atom is -0.399 e. The molecule has 0 bridgehead atoms. The molecule has 3 unspecified atom stereocenters. The van der Waals surface area contributed by atoms with E-state index in [1.165, 1.54) is 12.8 Å². The Morgan fingerprint density at radius 2 is 2.05 bits per heavy atom. The van der Waals surface area contributed by atoms with Crippen molar-refractivity contribution in [3.63, 3.8) is 0 Å². The number of amides is 1. The minimum absolute atomic E-state index is 0. The van der Waals surface area contributed by atoms with Gasteiger partial charge in [-0.15, -0.1) is 12.4 Å². The van der Waals surface area contributed by atoms with Crippen LogP contribution >= 0.6 is 12.4 Å². The molecule has 0 aliphatic heterocycles. The van der Waals surface area contributed by atoms with Crippen LogP contribution < -0.4 is 11.1 Å². The number of carbonyl (C=O) groups excluding carboxylic acids is 1. The fourth-order valence-electron chi connectivity index (χ4n) is 3.30. The van der Waals surface area contributed by atoms with Gasteiger partial charge < -0.3 is 11.1 Å². The smallest absolute Gasteiger partial charge is 0.251 e. The lowest BCUT2D eigenvalue weighted by molar-refractivity contribution is 0.0868. The first-order valence-corrected chi connectivity index (χ1v) is 7.63. The second kappa shape index (κ2) is 7.69. The van der Waals surface area contributed by atoms with Gasteiger partial charge in [-0.3, -0.25) is 4.79 Å². The molecule has 4 heteroatoms. The number of carbonyl (C=O) groups is 1. The van der Waals surface area contributed by atoms with E-state index in [4.69, 9.17) is 5.73 Å². The lowest BCUT2D eigenvalue weighted by atomic mass is 9.74. The zero-order valence-corrected chi connectivity index (χ0v) is 14.0. The number of benzene rings is 1. The second-order valence-corrected chi connectivity index (χ2v) is 6.53. The Kier molecular flexibility index (Phi) is 6.53. The topological polar surface area (TPSA) is 55.1 Å². The molecule has 0 radical (unpaired) electrons. The number of rotatable bonds is 3. The lowest BCUT2D eigenvalue weighted by Crippen LogP contribution is -2.45. The van der Waals surface area contributed by atoms with Gasteiger partial charge in [0.2, 0.25) is 0 Å². The van der Waals surface area contributed by atoms with E-state index in [-0.39, 0.29) is 24.4 Å². The molecular formula is C17H27ClN2O. The standard InChI is InChI=1S/C17H26N2O.ClH/c1-11(2)15-8-7-12(3)9-16(15)19-17(20)13-5-4-6-14(18)10-13;/h4-6,10-12,15-16H,7-9,18H2,1-3H3,(H,19,20);1H. The summed E-state index contributed by atoms with van der Waals surface area (Å²) < 4.78 is 0. The van der Waals surface area contributed by atoms with Crippen LogP contribution in [0.3, 0.4) is 0 Å². The molecule has 0 spiro atoms. The molecule has 1 aliphatic carbocycles. The molecule has 3 nitrogen and oxygen atoms in total. The maximum absolute atomic E-state index is 12.4. The number of nitrogens with one attached hydrogen (secondary N) is 1. The average Bonchev–Trinajstić information content (AvgIpc) is 2.38. The molecule has 118 valence electrons. The van der Waals surface area contributed by atoms with E-state index in [0.717, 1.165) is 6.42 Å². The Hall–Kier alpha value is -1.22. The molecular weight excluding hydrogens is 284 g/mol. The van der Waals surface area contributed by atoms with Crippen molar-refractivity contribution < 1.29 is 4.79 Å². The van der Waals surface area contributed by atoms with Gasteiger partial charge in [0.05, 0.1) is 0 Å². The molecule has 3 atom stereocenters. The summed E-state index contributed by atoms with van der Waals surface area (Å²) in [5, 5.41) is 3.23. The molecule has 1 saturated carbocycles. The highest BCUT2D eigenvalue weighted by atomic mass is 35.5. The van der Waals surface area contributed by atoms with E-state index in [2.05, 4.69) is 26.1 Å². The van der Waals surface area contributed by atoms with Crippen LogP contribution in [-0.4, -0.2) is 11.9 Å². The fourth-order valence-corrected chi connectivity index (χ4v) is 3.30. The highest BCUT2D eigenvalue weighted by Crippen LogP contribution is 2.33. The predicted octanol–water partition coefficient (Wildman–Crippen LogP) is 3.88. The SMILES string of the molecule is CC1CCC(C(C)C)C(NC(=O)c2cccc(N)c2)C1.Cl. The zero-order chi connectivity index (χ0) is 14.7. The maximum Gasteiger partial charge on any atom is 0.251 e. The Balaban J connectivity index is 0.00000220. The molecule has 3 N–H and O–H groups in total. The molecule has 1 amide bonds. The van der Waals surface area contributed by atoms with Crippen molar-refractivity contribution in [1.82, 2.24) is 5.32 Å². The summed E-state index contributed by atoms with van der Waals surface area (Å²) in [6, 6.07) is 7.48. The van der Waals surface area contributed by atoms with Crippen LogP contribution in [0.15, 0.2) is 24.3 Å². The van der Waals surface area contributed by atoms with Crippen LogP contribution in [-0.2, 0) is 0 Å². The van der Waals surface area contributed by atoms with E-state index in [0.29, 0.717) is 29.0 Å². The van der Waals surface area contributed by atoms with Crippen LogP contribution in [0.25, 0.3) is 0 Å². The van der Waals surface area contributed by atoms with Crippen molar-refractivity contribution in [3.05, 3.63) is 29.8 Å². The summed E-state index contributed by atoms with van der Waals surface area (Å²) in [6.07, 6.45) is 3.56. The molecule has 21 heavy (non-hydrogen) atoms. The molecule has 1 fully saturated rings. The number of hydrogen-bond acceptors (Lipinski definition) is 2. The zero-order valence-electron chi connectivity index (χ0n) is 13.1. The van der Waals surface area contributed by atoms with Crippen LogP contribution in [0.5, 0.6) is 0 Å².